The average molecular weight is 385 g/mol. The van der Waals surface area contributed by atoms with Gasteiger partial charge in [0.15, 0.2) is 0 Å². The number of carbonyl (C=O) groups excluding carboxylic acids is 1. The Morgan fingerprint density at radius 1 is 1.24 bits per heavy atom. The molecule has 0 saturated carbocycles. The second-order valence-corrected chi connectivity index (χ2v) is 6.97. The van der Waals surface area contributed by atoms with Gasteiger partial charge >= 0.3 is 0 Å². The Labute approximate surface area is 150 Å². The largest absolute Gasteiger partial charge is 0.496 e. The molecule has 134 valence electrons. The minimum absolute atomic E-state index is 0.0665. The lowest BCUT2D eigenvalue weighted by molar-refractivity contribution is 0.0943. The van der Waals surface area contributed by atoms with Crippen molar-refractivity contribution in [3.63, 3.8) is 0 Å². The SMILES string of the molecule is COc1ccc(S(N)(=O)=O)cc1C(=O)NCCOc1cccc(Cl)c1. The molecule has 0 heterocycles. The van der Waals surface area contributed by atoms with Gasteiger partial charge in [-0.15, -0.1) is 0 Å². The molecule has 0 unspecified atom stereocenters. The lowest BCUT2D eigenvalue weighted by atomic mass is 10.2. The molecule has 0 bridgehead atoms. The molecule has 0 spiro atoms. The third-order valence-electron chi connectivity index (χ3n) is 3.20. The predicted octanol–water partition coefficient (Wildman–Crippen LogP) is 1.80. The zero-order valence-electron chi connectivity index (χ0n) is 13.4. The highest BCUT2D eigenvalue weighted by Gasteiger charge is 2.17. The number of hydrogen-bond donors (Lipinski definition) is 2. The van der Waals surface area contributed by atoms with Crippen LogP contribution < -0.4 is 19.9 Å². The number of benzene rings is 2. The lowest BCUT2D eigenvalue weighted by Gasteiger charge is -2.11. The van der Waals surface area contributed by atoms with Crippen LogP contribution >= 0.6 is 11.6 Å². The van der Waals surface area contributed by atoms with Crippen LogP contribution in [0.1, 0.15) is 10.4 Å². The highest BCUT2D eigenvalue weighted by atomic mass is 35.5. The number of rotatable bonds is 7. The van der Waals surface area contributed by atoms with Crippen molar-refractivity contribution in [1.29, 1.82) is 0 Å². The monoisotopic (exact) mass is 384 g/mol. The smallest absolute Gasteiger partial charge is 0.255 e. The molecule has 9 heteroatoms. The molecule has 1 amide bonds. The molecule has 3 N–H and O–H groups in total. The molecule has 0 aromatic heterocycles. The molecule has 0 radical (unpaired) electrons. The molecule has 0 saturated heterocycles. The summed E-state index contributed by atoms with van der Waals surface area (Å²) in [7, 11) is -2.54. The van der Waals surface area contributed by atoms with Crippen molar-refractivity contribution in [2.24, 2.45) is 5.14 Å². The summed E-state index contributed by atoms with van der Waals surface area (Å²) in [5.74, 6) is 0.313. The van der Waals surface area contributed by atoms with E-state index in [2.05, 4.69) is 5.32 Å². The van der Waals surface area contributed by atoms with Gasteiger partial charge in [0, 0.05) is 5.02 Å². The van der Waals surface area contributed by atoms with E-state index in [9.17, 15) is 13.2 Å². The third kappa shape index (κ3) is 5.35. The molecule has 2 aromatic rings. The number of primary sulfonamides is 1. The highest BCUT2D eigenvalue weighted by molar-refractivity contribution is 7.89. The maximum absolute atomic E-state index is 12.3. The summed E-state index contributed by atoms with van der Waals surface area (Å²) in [5.41, 5.74) is 0.0665. The van der Waals surface area contributed by atoms with Crippen molar-refractivity contribution < 1.29 is 22.7 Å². The van der Waals surface area contributed by atoms with Gasteiger partial charge in [-0.25, -0.2) is 13.6 Å². The molecule has 0 fully saturated rings. The quantitative estimate of drug-likeness (QED) is 0.708. The van der Waals surface area contributed by atoms with Gasteiger partial charge in [-0.05, 0) is 36.4 Å². The van der Waals surface area contributed by atoms with Gasteiger partial charge in [0.25, 0.3) is 5.91 Å². The molecule has 0 aliphatic heterocycles. The van der Waals surface area contributed by atoms with Crippen LogP contribution in [-0.2, 0) is 10.0 Å². The number of nitrogens with two attached hydrogens (primary N) is 1. The normalized spacial score (nSPS) is 11.0. The van der Waals surface area contributed by atoms with Crippen molar-refractivity contribution in [3.05, 3.63) is 53.1 Å². The van der Waals surface area contributed by atoms with E-state index in [-0.39, 0.29) is 29.4 Å². The molecule has 2 rings (SSSR count). The molecule has 25 heavy (non-hydrogen) atoms. The van der Waals surface area contributed by atoms with E-state index >= 15 is 0 Å². The number of carbonyl (C=O) groups is 1. The molecule has 0 aliphatic carbocycles. The van der Waals surface area contributed by atoms with E-state index in [0.717, 1.165) is 0 Å². The second-order valence-electron chi connectivity index (χ2n) is 4.97. The van der Waals surface area contributed by atoms with Crippen molar-refractivity contribution in [3.8, 4) is 11.5 Å². The Morgan fingerprint density at radius 2 is 2.00 bits per heavy atom. The van der Waals surface area contributed by atoms with Gasteiger partial charge in [-0.2, -0.15) is 0 Å². The highest BCUT2D eigenvalue weighted by Crippen LogP contribution is 2.22. The average Bonchev–Trinajstić information content (AvgIpc) is 2.57. The predicted molar refractivity (Wildman–Crippen MR) is 93.6 cm³/mol. The van der Waals surface area contributed by atoms with Crippen LogP contribution in [0.15, 0.2) is 47.4 Å². The zero-order chi connectivity index (χ0) is 18.4. The lowest BCUT2D eigenvalue weighted by Crippen LogP contribution is -2.28. The first kappa shape index (κ1) is 19.0. The Morgan fingerprint density at radius 3 is 2.64 bits per heavy atom. The second kappa shape index (κ2) is 8.19. The van der Waals surface area contributed by atoms with E-state index in [1.54, 1.807) is 24.3 Å². The first-order chi connectivity index (χ1) is 11.8. The van der Waals surface area contributed by atoms with Crippen LogP contribution in [0.3, 0.4) is 0 Å². The van der Waals surface area contributed by atoms with E-state index in [0.29, 0.717) is 10.8 Å². The van der Waals surface area contributed by atoms with Crippen molar-refractivity contribution in [1.82, 2.24) is 5.32 Å². The van der Waals surface area contributed by atoms with Crippen LogP contribution in [0.25, 0.3) is 0 Å². The van der Waals surface area contributed by atoms with Crippen LogP contribution in [0.2, 0.25) is 5.02 Å². The number of methoxy groups -OCH3 is 1. The van der Waals surface area contributed by atoms with Gasteiger partial charge in [0.2, 0.25) is 10.0 Å². The molecular weight excluding hydrogens is 368 g/mol. The summed E-state index contributed by atoms with van der Waals surface area (Å²) in [5, 5.41) is 8.26. The summed E-state index contributed by atoms with van der Waals surface area (Å²) >= 11 is 5.85. The van der Waals surface area contributed by atoms with E-state index < -0.39 is 15.9 Å². The fourth-order valence-corrected chi connectivity index (χ4v) is 2.75. The number of sulfonamides is 1. The summed E-state index contributed by atoms with van der Waals surface area (Å²) in [4.78, 5) is 12.1. The van der Waals surface area contributed by atoms with Gasteiger partial charge in [0.05, 0.1) is 24.1 Å². The summed E-state index contributed by atoms with van der Waals surface area (Å²) in [6.45, 7) is 0.414. The fraction of sp³-hybridized carbons (Fsp3) is 0.188. The van der Waals surface area contributed by atoms with Crippen LogP contribution in [0.4, 0.5) is 0 Å². The summed E-state index contributed by atoms with van der Waals surface area (Å²) in [6.07, 6.45) is 0. The minimum atomic E-state index is -3.92. The number of ether oxygens (including phenoxy) is 2. The van der Waals surface area contributed by atoms with Crippen LogP contribution in [0, 0.1) is 0 Å². The topological polar surface area (TPSA) is 108 Å². The summed E-state index contributed by atoms with van der Waals surface area (Å²) in [6, 6.07) is 10.7. The van der Waals surface area contributed by atoms with Crippen molar-refractivity contribution >= 4 is 27.5 Å². The maximum Gasteiger partial charge on any atom is 0.255 e. The molecule has 0 atom stereocenters. The molecular formula is C16H17ClN2O5S. The Kier molecular flexibility index (Phi) is 6.24. The number of amides is 1. The van der Waals surface area contributed by atoms with Gasteiger partial charge < -0.3 is 14.8 Å². The van der Waals surface area contributed by atoms with E-state index in [1.807, 2.05) is 0 Å². The Balaban J connectivity index is 2.00. The standard InChI is InChI=1S/C16H17ClN2O5S/c1-23-15-6-5-13(25(18,21)22)10-14(15)16(20)19-7-8-24-12-4-2-3-11(17)9-12/h2-6,9-10H,7-8H2,1H3,(H,19,20)(H2,18,21,22). The van der Waals surface area contributed by atoms with E-state index in [4.69, 9.17) is 26.2 Å². The first-order valence-electron chi connectivity index (χ1n) is 7.18. The molecule has 2 aromatic carbocycles. The molecule has 7 nitrogen and oxygen atoms in total. The van der Waals surface area contributed by atoms with Crippen molar-refractivity contribution in [2.45, 2.75) is 4.90 Å². The molecule has 0 aliphatic rings. The third-order valence-corrected chi connectivity index (χ3v) is 4.34. The number of hydrogen-bond acceptors (Lipinski definition) is 5. The van der Waals surface area contributed by atoms with Gasteiger partial charge in [0.1, 0.15) is 18.1 Å². The zero-order valence-corrected chi connectivity index (χ0v) is 14.9. The Hall–Kier alpha value is -2.29. The Bertz CT molecular complexity index is 871. The van der Waals surface area contributed by atoms with Gasteiger partial charge in [-0.1, -0.05) is 17.7 Å². The van der Waals surface area contributed by atoms with E-state index in [1.165, 1.54) is 25.3 Å². The van der Waals surface area contributed by atoms with Gasteiger partial charge in [-0.3, -0.25) is 4.79 Å². The maximum atomic E-state index is 12.3. The minimum Gasteiger partial charge on any atom is -0.496 e. The summed E-state index contributed by atoms with van der Waals surface area (Å²) < 4.78 is 33.4. The first-order valence-corrected chi connectivity index (χ1v) is 9.11. The fourth-order valence-electron chi connectivity index (χ4n) is 2.03. The number of nitrogens with one attached hydrogen (secondary N) is 1. The van der Waals surface area contributed by atoms with Crippen LogP contribution in [0.5, 0.6) is 11.5 Å². The van der Waals surface area contributed by atoms with Crippen LogP contribution in [-0.4, -0.2) is 34.6 Å². The van der Waals surface area contributed by atoms with Crippen molar-refractivity contribution in [2.75, 3.05) is 20.3 Å². The number of halogens is 1.